The number of nitrogens with zero attached hydrogens (tertiary/aromatic N) is 5. The van der Waals surface area contributed by atoms with Gasteiger partial charge in [-0.2, -0.15) is 4.99 Å². The minimum Gasteiger partial charge on any atom is -0.370 e. The minimum atomic E-state index is -0.531. The van der Waals surface area contributed by atoms with Crippen LogP contribution in [0.3, 0.4) is 0 Å². The number of amides is 1. The van der Waals surface area contributed by atoms with Crippen molar-refractivity contribution in [3.8, 4) is 5.82 Å². The first-order chi connectivity index (χ1) is 12.5. The Morgan fingerprint density at radius 2 is 1.85 bits per heavy atom. The van der Waals surface area contributed by atoms with Crippen LogP contribution in [-0.4, -0.2) is 31.4 Å². The fraction of sp³-hybridized carbons (Fsp3) is 0.0556. The number of benzene rings is 1. The summed E-state index contributed by atoms with van der Waals surface area (Å²) < 4.78 is 1.77. The van der Waals surface area contributed by atoms with E-state index in [0.29, 0.717) is 28.2 Å². The third kappa shape index (κ3) is 2.53. The summed E-state index contributed by atoms with van der Waals surface area (Å²) in [6.07, 6.45) is 3.31. The van der Waals surface area contributed by atoms with Gasteiger partial charge < -0.3 is 11.5 Å². The van der Waals surface area contributed by atoms with E-state index in [1.54, 1.807) is 29.1 Å². The molecule has 1 aromatic carbocycles. The van der Waals surface area contributed by atoms with Gasteiger partial charge >= 0.3 is 0 Å². The number of pyridine rings is 1. The lowest BCUT2D eigenvalue weighted by molar-refractivity contribution is 0.100. The van der Waals surface area contributed by atoms with Crippen molar-refractivity contribution in [2.45, 2.75) is 6.92 Å². The van der Waals surface area contributed by atoms with Crippen molar-refractivity contribution in [3.63, 3.8) is 0 Å². The topological polar surface area (TPSA) is 125 Å². The van der Waals surface area contributed by atoms with Gasteiger partial charge in [-0.1, -0.05) is 12.1 Å². The Morgan fingerprint density at radius 3 is 2.65 bits per heavy atom. The molecule has 0 aliphatic carbocycles. The van der Waals surface area contributed by atoms with Gasteiger partial charge in [0.05, 0.1) is 11.1 Å². The van der Waals surface area contributed by atoms with E-state index in [-0.39, 0.29) is 5.96 Å². The number of nitrogens with two attached hydrogens (primary N) is 2. The molecule has 4 rings (SSSR count). The monoisotopic (exact) mass is 345 g/mol. The number of para-hydroxylation sites is 1. The van der Waals surface area contributed by atoms with E-state index in [1.165, 1.54) is 0 Å². The summed E-state index contributed by atoms with van der Waals surface area (Å²) in [5.41, 5.74) is 12.4. The van der Waals surface area contributed by atoms with E-state index >= 15 is 0 Å². The molecule has 8 nitrogen and oxygen atoms in total. The third-order valence-corrected chi connectivity index (χ3v) is 3.95. The van der Waals surface area contributed by atoms with Crippen molar-refractivity contribution in [1.29, 1.82) is 0 Å². The average Bonchev–Trinajstić information content (AvgIpc) is 3.00. The predicted molar refractivity (Wildman–Crippen MR) is 99.0 cm³/mol. The van der Waals surface area contributed by atoms with Crippen LogP contribution in [0.2, 0.25) is 0 Å². The number of carbonyl (C=O) groups excluding carboxylic acids is 1. The van der Waals surface area contributed by atoms with Crippen LogP contribution in [0.5, 0.6) is 0 Å². The molecule has 4 aromatic rings. The largest absolute Gasteiger partial charge is 0.370 e. The van der Waals surface area contributed by atoms with Crippen LogP contribution in [0.1, 0.15) is 16.2 Å². The minimum absolute atomic E-state index is 0.289. The quantitative estimate of drug-likeness (QED) is 0.421. The summed E-state index contributed by atoms with van der Waals surface area (Å²) in [4.78, 5) is 29.5. The number of aromatic nitrogens is 4. The lowest BCUT2D eigenvalue weighted by Gasteiger charge is -2.08. The first kappa shape index (κ1) is 15.7. The Labute approximate surface area is 148 Å². The molecule has 3 aromatic heterocycles. The molecule has 0 fully saturated rings. The van der Waals surface area contributed by atoms with E-state index in [2.05, 4.69) is 19.9 Å². The van der Waals surface area contributed by atoms with Crippen LogP contribution in [0, 0.1) is 6.92 Å². The van der Waals surface area contributed by atoms with Crippen LogP contribution in [0.4, 0.5) is 0 Å². The number of guanidine groups is 1. The molecule has 0 saturated carbocycles. The summed E-state index contributed by atoms with van der Waals surface area (Å²) in [5.74, 6) is 0.439. The van der Waals surface area contributed by atoms with Crippen LogP contribution in [0.25, 0.3) is 27.8 Å². The molecule has 4 N–H and O–H groups in total. The second-order valence-electron chi connectivity index (χ2n) is 5.74. The highest BCUT2D eigenvalue weighted by Crippen LogP contribution is 2.27. The normalized spacial score (nSPS) is 11.0. The number of hydrogen-bond acceptors (Lipinski definition) is 4. The van der Waals surface area contributed by atoms with E-state index in [4.69, 9.17) is 11.5 Å². The molecule has 0 spiro atoms. The number of carbonyl (C=O) groups is 1. The van der Waals surface area contributed by atoms with Crippen LogP contribution in [0.15, 0.2) is 53.8 Å². The Hall–Kier alpha value is -3.81. The highest BCUT2D eigenvalue weighted by molar-refractivity contribution is 6.10. The fourth-order valence-corrected chi connectivity index (χ4v) is 2.92. The van der Waals surface area contributed by atoms with Crippen molar-refractivity contribution in [3.05, 3.63) is 60.2 Å². The molecule has 0 aliphatic heterocycles. The second kappa shape index (κ2) is 5.92. The molecule has 0 radical (unpaired) electrons. The fourth-order valence-electron chi connectivity index (χ4n) is 2.92. The zero-order valence-corrected chi connectivity index (χ0v) is 13.9. The van der Waals surface area contributed by atoms with Gasteiger partial charge in [-0.15, -0.1) is 0 Å². The number of hydrogen-bond donors (Lipinski definition) is 2. The zero-order chi connectivity index (χ0) is 18.3. The van der Waals surface area contributed by atoms with Crippen molar-refractivity contribution in [2.24, 2.45) is 16.5 Å². The van der Waals surface area contributed by atoms with Gasteiger partial charge in [0.25, 0.3) is 5.91 Å². The average molecular weight is 345 g/mol. The van der Waals surface area contributed by atoms with Crippen molar-refractivity contribution in [1.82, 2.24) is 19.5 Å². The maximum Gasteiger partial charge on any atom is 0.282 e. The summed E-state index contributed by atoms with van der Waals surface area (Å²) in [6.45, 7) is 1.82. The smallest absolute Gasteiger partial charge is 0.282 e. The molecule has 0 aliphatic rings. The van der Waals surface area contributed by atoms with Gasteiger partial charge in [0.15, 0.2) is 5.96 Å². The van der Waals surface area contributed by atoms with Crippen molar-refractivity contribution >= 4 is 33.8 Å². The second-order valence-corrected chi connectivity index (χ2v) is 5.74. The highest BCUT2D eigenvalue weighted by Gasteiger charge is 2.18. The molecule has 0 unspecified atom stereocenters. The van der Waals surface area contributed by atoms with Crippen molar-refractivity contribution < 1.29 is 4.79 Å². The van der Waals surface area contributed by atoms with E-state index in [1.807, 2.05) is 31.2 Å². The Bertz CT molecular complexity index is 1190. The molecule has 0 bridgehead atoms. The Balaban J connectivity index is 2.05. The number of aliphatic imine (C=N–C) groups is 1. The van der Waals surface area contributed by atoms with Gasteiger partial charge in [-0.25, -0.2) is 15.0 Å². The molecule has 128 valence electrons. The summed E-state index contributed by atoms with van der Waals surface area (Å²) in [6, 6.07) is 11.2. The lowest BCUT2D eigenvalue weighted by Crippen LogP contribution is -2.24. The molecule has 8 heteroatoms. The third-order valence-electron chi connectivity index (χ3n) is 3.95. The number of rotatable bonds is 2. The highest BCUT2D eigenvalue weighted by atomic mass is 16.1. The molecule has 0 saturated heterocycles. The SMILES string of the molecule is Cc1nc(-n2cc(C(=O)N=C(N)N)c3cccnc32)c2ccccc2n1. The van der Waals surface area contributed by atoms with Gasteiger partial charge in [0, 0.05) is 23.2 Å². The maximum absolute atomic E-state index is 12.4. The van der Waals surface area contributed by atoms with Crippen LogP contribution in [-0.2, 0) is 0 Å². The van der Waals surface area contributed by atoms with Crippen molar-refractivity contribution in [2.75, 3.05) is 0 Å². The summed E-state index contributed by atoms with van der Waals surface area (Å²) in [7, 11) is 0. The van der Waals surface area contributed by atoms with E-state index in [9.17, 15) is 4.79 Å². The van der Waals surface area contributed by atoms with Gasteiger partial charge in [0.2, 0.25) is 0 Å². The van der Waals surface area contributed by atoms with E-state index < -0.39 is 5.91 Å². The van der Waals surface area contributed by atoms with Gasteiger partial charge in [-0.05, 0) is 31.2 Å². The zero-order valence-electron chi connectivity index (χ0n) is 13.9. The molecule has 3 heterocycles. The molecule has 0 atom stereocenters. The molecular weight excluding hydrogens is 330 g/mol. The van der Waals surface area contributed by atoms with Gasteiger partial charge in [0.1, 0.15) is 17.3 Å². The Kier molecular flexibility index (Phi) is 3.58. The first-order valence-electron chi connectivity index (χ1n) is 7.88. The lowest BCUT2D eigenvalue weighted by atomic mass is 10.2. The molecular formula is C18H15N7O. The van der Waals surface area contributed by atoms with E-state index in [0.717, 1.165) is 10.9 Å². The van der Waals surface area contributed by atoms with Crippen LogP contribution < -0.4 is 11.5 Å². The number of fused-ring (bicyclic) bond motifs is 2. The standard InChI is InChI=1S/C18H15N7O/c1-10-22-14-7-3-2-5-12(14)16(23-10)25-9-13(17(26)24-18(19)20)11-6-4-8-21-15(11)25/h2-9H,1H3,(H4,19,20,24,26). The molecule has 1 amide bonds. The molecule has 26 heavy (non-hydrogen) atoms. The maximum atomic E-state index is 12.4. The summed E-state index contributed by atoms with van der Waals surface area (Å²) in [5, 5.41) is 1.49. The van der Waals surface area contributed by atoms with Gasteiger partial charge in [-0.3, -0.25) is 9.36 Å². The first-order valence-corrected chi connectivity index (χ1v) is 7.88. The summed E-state index contributed by atoms with van der Waals surface area (Å²) >= 11 is 0. The predicted octanol–water partition coefficient (Wildman–Crippen LogP) is 1.69. The Morgan fingerprint density at radius 1 is 1.08 bits per heavy atom. The van der Waals surface area contributed by atoms with Crippen LogP contribution >= 0.6 is 0 Å². The number of aryl methyl sites for hydroxylation is 1.